The summed E-state index contributed by atoms with van der Waals surface area (Å²) in [7, 11) is -2.30. The van der Waals surface area contributed by atoms with Crippen LogP contribution in [-0.2, 0) is 31.5 Å². The smallest absolute Gasteiger partial charge is 0.356 e. The molecule has 0 bridgehead atoms. The van der Waals surface area contributed by atoms with Gasteiger partial charge in [-0.2, -0.15) is 4.98 Å². The van der Waals surface area contributed by atoms with Gasteiger partial charge in [0.25, 0.3) is 5.56 Å². The fourth-order valence-electron chi connectivity index (χ4n) is 3.73. The zero-order chi connectivity index (χ0) is 28.0. The monoisotopic (exact) mass is 555 g/mol. The van der Waals surface area contributed by atoms with Crippen molar-refractivity contribution < 1.29 is 27.9 Å². The van der Waals surface area contributed by atoms with E-state index in [2.05, 4.69) is 15.0 Å². The van der Waals surface area contributed by atoms with Gasteiger partial charge in [-0.1, -0.05) is 29.8 Å². The first-order valence-corrected chi connectivity index (χ1v) is 13.8. The molecule has 13 heteroatoms. The highest BCUT2D eigenvalue weighted by molar-refractivity contribution is 7.53. The maximum absolute atomic E-state index is 13.6. The van der Waals surface area contributed by atoms with Crippen molar-refractivity contribution in [3.05, 3.63) is 81.4 Å². The van der Waals surface area contributed by atoms with Crippen LogP contribution in [0.3, 0.4) is 0 Å². The standard InChI is InChI=1S/C26H30N5O7P/c1-17-4-6-19(7-5-17)13-37-39(34,38-14-21(32)20-8-9-22(35-3)18(2)12-20)16-36-11-10-31-15-28-23-24(31)29-26(27)30-25(23)33/h4-9,12,15H,10-11,13-14,16H2,1-3H3,(H3,27,29,30,33). The third kappa shape index (κ3) is 7.18. The van der Waals surface area contributed by atoms with Gasteiger partial charge >= 0.3 is 7.60 Å². The van der Waals surface area contributed by atoms with Crippen LogP contribution in [0.1, 0.15) is 27.0 Å². The number of aryl methyl sites for hydroxylation is 2. The quantitative estimate of drug-likeness (QED) is 0.142. The van der Waals surface area contributed by atoms with E-state index in [-0.39, 0.29) is 37.0 Å². The van der Waals surface area contributed by atoms with E-state index < -0.39 is 26.1 Å². The zero-order valence-electron chi connectivity index (χ0n) is 21.9. The SMILES string of the molecule is COc1ccc(C(=O)COP(=O)(COCCn2cnc3c(=O)[nH]c(N)nc32)OCc2ccc(C)cc2)cc1C. The van der Waals surface area contributed by atoms with Crippen molar-refractivity contribution in [2.24, 2.45) is 0 Å². The van der Waals surface area contributed by atoms with Crippen LogP contribution in [0, 0.1) is 13.8 Å². The van der Waals surface area contributed by atoms with Crippen molar-refractivity contribution in [3.8, 4) is 5.75 Å². The largest absolute Gasteiger partial charge is 0.496 e. The van der Waals surface area contributed by atoms with Gasteiger partial charge in [0, 0.05) is 12.1 Å². The Morgan fingerprint density at radius 3 is 2.62 bits per heavy atom. The second kappa shape index (κ2) is 12.4. The van der Waals surface area contributed by atoms with Gasteiger partial charge in [-0.15, -0.1) is 0 Å². The number of hydrogen-bond acceptors (Lipinski definition) is 10. The predicted molar refractivity (Wildman–Crippen MR) is 145 cm³/mol. The molecule has 2 heterocycles. The first kappa shape index (κ1) is 28.2. The molecule has 206 valence electrons. The van der Waals surface area contributed by atoms with Gasteiger partial charge in [-0.3, -0.25) is 23.7 Å². The molecule has 3 N–H and O–H groups in total. The van der Waals surface area contributed by atoms with Gasteiger partial charge in [0.05, 0.1) is 26.7 Å². The molecule has 0 aliphatic carbocycles. The number of ketones is 1. The number of aromatic nitrogens is 4. The number of rotatable bonds is 13. The number of aromatic amines is 1. The molecule has 0 spiro atoms. The van der Waals surface area contributed by atoms with Gasteiger partial charge in [0.1, 0.15) is 18.7 Å². The van der Waals surface area contributed by atoms with Crippen molar-refractivity contribution in [2.45, 2.75) is 27.0 Å². The Bertz CT molecular complexity index is 1570. The van der Waals surface area contributed by atoms with E-state index in [9.17, 15) is 14.2 Å². The Hall–Kier alpha value is -3.83. The molecular weight excluding hydrogens is 525 g/mol. The molecule has 0 amide bonds. The van der Waals surface area contributed by atoms with Gasteiger partial charge in [0.2, 0.25) is 5.95 Å². The third-order valence-electron chi connectivity index (χ3n) is 5.88. The molecule has 39 heavy (non-hydrogen) atoms. The summed E-state index contributed by atoms with van der Waals surface area (Å²) in [6.07, 6.45) is 1.05. The van der Waals surface area contributed by atoms with Crippen LogP contribution < -0.4 is 16.0 Å². The number of Topliss-reactive ketones (excluding diaryl/α,β-unsaturated/α-hetero) is 1. The number of nitrogens with zero attached hydrogens (tertiary/aromatic N) is 3. The summed E-state index contributed by atoms with van der Waals surface area (Å²) >= 11 is 0. The van der Waals surface area contributed by atoms with Crippen molar-refractivity contribution in [1.29, 1.82) is 0 Å². The minimum atomic E-state index is -3.85. The maximum Gasteiger partial charge on any atom is 0.356 e. The van der Waals surface area contributed by atoms with Crippen LogP contribution >= 0.6 is 7.60 Å². The Balaban J connectivity index is 1.41. The number of H-pyrrole nitrogens is 1. The lowest BCUT2D eigenvalue weighted by Crippen LogP contribution is -2.14. The molecule has 0 aliphatic rings. The maximum atomic E-state index is 13.6. The highest BCUT2D eigenvalue weighted by Crippen LogP contribution is 2.49. The van der Waals surface area contributed by atoms with Crippen molar-refractivity contribution >= 4 is 30.5 Å². The van der Waals surface area contributed by atoms with E-state index >= 15 is 0 Å². The molecule has 1 atom stereocenters. The summed E-state index contributed by atoms with van der Waals surface area (Å²) in [5, 5.41) is 0. The molecule has 2 aromatic carbocycles. The summed E-state index contributed by atoms with van der Waals surface area (Å²) in [4.78, 5) is 35.3. The molecule has 12 nitrogen and oxygen atoms in total. The molecule has 1 unspecified atom stereocenters. The number of anilines is 1. The van der Waals surface area contributed by atoms with Gasteiger partial charge < -0.3 is 24.3 Å². The topological polar surface area (TPSA) is 161 Å². The van der Waals surface area contributed by atoms with Gasteiger partial charge in [0.15, 0.2) is 16.9 Å². The normalized spacial score (nSPS) is 12.9. The first-order chi connectivity index (χ1) is 18.7. The summed E-state index contributed by atoms with van der Waals surface area (Å²) in [6, 6.07) is 12.5. The number of benzene rings is 2. The fraction of sp³-hybridized carbons (Fsp3) is 0.308. The van der Waals surface area contributed by atoms with Gasteiger partial charge in [-0.25, -0.2) is 4.98 Å². The molecule has 0 saturated carbocycles. The Morgan fingerprint density at radius 2 is 1.90 bits per heavy atom. The van der Waals surface area contributed by atoms with Crippen LogP contribution in [0.4, 0.5) is 5.95 Å². The number of nitrogens with two attached hydrogens (primary N) is 1. The molecule has 4 aromatic rings. The highest BCUT2D eigenvalue weighted by atomic mass is 31.2. The van der Waals surface area contributed by atoms with Crippen LogP contribution in [0.25, 0.3) is 11.2 Å². The molecular formula is C26H30N5O7P. The van der Waals surface area contributed by atoms with Crippen LogP contribution in [0.5, 0.6) is 5.75 Å². The van der Waals surface area contributed by atoms with E-state index in [0.717, 1.165) is 16.7 Å². The molecule has 2 aromatic heterocycles. The van der Waals surface area contributed by atoms with Gasteiger partial charge in [-0.05, 0) is 43.2 Å². The Kier molecular flexibility index (Phi) is 8.93. The molecule has 0 aliphatic heterocycles. The Labute approximate surface area is 224 Å². The van der Waals surface area contributed by atoms with E-state index in [4.69, 9.17) is 24.3 Å². The van der Waals surface area contributed by atoms with Crippen LogP contribution in [0.15, 0.2) is 53.6 Å². The fourth-order valence-corrected chi connectivity index (χ4v) is 4.97. The highest BCUT2D eigenvalue weighted by Gasteiger charge is 2.27. The van der Waals surface area contributed by atoms with E-state index in [1.54, 1.807) is 29.9 Å². The molecule has 0 fully saturated rings. The lowest BCUT2D eigenvalue weighted by Gasteiger charge is -2.19. The number of hydrogen-bond donors (Lipinski definition) is 2. The minimum Gasteiger partial charge on any atom is -0.496 e. The lowest BCUT2D eigenvalue weighted by atomic mass is 10.1. The second-order valence-electron chi connectivity index (χ2n) is 8.85. The number of methoxy groups -OCH3 is 1. The third-order valence-corrected chi connectivity index (χ3v) is 7.42. The van der Waals surface area contributed by atoms with Crippen molar-refractivity contribution in [1.82, 2.24) is 19.5 Å². The molecule has 0 radical (unpaired) electrons. The summed E-state index contributed by atoms with van der Waals surface area (Å²) in [5.41, 5.74) is 8.68. The molecule has 0 saturated heterocycles. The number of nitrogens with one attached hydrogen (secondary N) is 1. The number of carbonyl (C=O) groups is 1. The minimum absolute atomic E-state index is 0.00881. The van der Waals surface area contributed by atoms with Crippen LogP contribution in [0.2, 0.25) is 0 Å². The summed E-state index contributed by atoms with van der Waals surface area (Å²) in [5.74, 6) is 0.258. The lowest BCUT2D eigenvalue weighted by molar-refractivity contribution is 0.0855. The average Bonchev–Trinajstić information content (AvgIpc) is 3.32. The average molecular weight is 556 g/mol. The number of nitrogen functional groups attached to an aromatic ring is 1. The van der Waals surface area contributed by atoms with E-state index in [1.165, 1.54) is 6.33 Å². The first-order valence-electron chi connectivity index (χ1n) is 12.1. The number of ether oxygens (including phenoxy) is 2. The summed E-state index contributed by atoms with van der Waals surface area (Å²) < 4.78 is 37.3. The van der Waals surface area contributed by atoms with Crippen LogP contribution in [-0.4, -0.2) is 52.0 Å². The number of carbonyl (C=O) groups excluding carboxylic acids is 1. The Morgan fingerprint density at radius 1 is 1.13 bits per heavy atom. The summed E-state index contributed by atoms with van der Waals surface area (Å²) in [6.45, 7) is 3.65. The molecule has 4 rings (SSSR count). The zero-order valence-corrected chi connectivity index (χ0v) is 22.8. The predicted octanol–water partition coefficient (Wildman–Crippen LogP) is 3.61. The van der Waals surface area contributed by atoms with E-state index in [0.29, 0.717) is 17.0 Å². The number of fused-ring (bicyclic) bond motifs is 1. The second-order valence-corrected chi connectivity index (χ2v) is 10.8. The van der Waals surface area contributed by atoms with Crippen molar-refractivity contribution in [3.63, 3.8) is 0 Å². The van der Waals surface area contributed by atoms with Crippen molar-refractivity contribution in [2.75, 3.05) is 32.4 Å². The van der Waals surface area contributed by atoms with E-state index in [1.807, 2.05) is 38.1 Å². The number of imidazole rings is 1.